The van der Waals surface area contributed by atoms with E-state index in [0.717, 1.165) is 5.69 Å². The summed E-state index contributed by atoms with van der Waals surface area (Å²) in [5, 5.41) is 4.35. The third-order valence-corrected chi connectivity index (χ3v) is 3.61. The third kappa shape index (κ3) is 1.99. The van der Waals surface area contributed by atoms with Crippen molar-refractivity contribution in [3.63, 3.8) is 0 Å². The van der Waals surface area contributed by atoms with E-state index < -0.39 is 0 Å². The van der Waals surface area contributed by atoms with Crippen molar-refractivity contribution in [1.29, 1.82) is 0 Å². The van der Waals surface area contributed by atoms with E-state index in [-0.39, 0.29) is 17.6 Å². The molecule has 1 atom stereocenters. The van der Waals surface area contributed by atoms with E-state index in [1.54, 1.807) is 17.8 Å². The molecule has 20 heavy (non-hydrogen) atoms. The number of aromatic nitrogens is 4. The first-order valence-electron chi connectivity index (χ1n) is 6.41. The average Bonchev–Trinajstić information content (AvgIpc) is 2.66. The number of nitrogens with two attached hydrogens (primary N) is 1. The number of carbonyl (C=O) groups is 1. The Balaban J connectivity index is 2.04. The molecule has 1 aliphatic carbocycles. The first-order valence-corrected chi connectivity index (χ1v) is 6.41. The number of hydrogen-bond acceptors (Lipinski definition) is 5. The molecule has 0 bridgehead atoms. The van der Waals surface area contributed by atoms with Crippen LogP contribution in [-0.2, 0) is 13.5 Å². The van der Waals surface area contributed by atoms with E-state index >= 15 is 0 Å². The van der Waals surface area contributed by atoms with E-state index in [9.17, 15) is 4.79 Å². The summed E-state index contributed by atoms with van der Waals surface area (Å²) in [4.78, 5) is 20.6. The van der Waals surface area contributed by atoms with Gasteiger partial charge in [0.15, 0.2) is 5.78 Å². The van der Waals surface area contributed by atoms with Crippen molar-refractivity contribution in [3.8, 4) is 0 Å². The summed E-state index contributed by atoms with van der Waals surface area (Å²) in [6.07, 6.45) is 2.73. The Kier molecular flexibility index (Phi) is 2.85. The Hall–Kier alpha value is -2.18. The fraction of sp³-hybridized carbons (Fsp3) is 0.385. The minimum atomic E-state index is -0.0510. The lowest BCUT2D eigenvalue weighted by Gasteiger charge is -2.23. The van der Waals surface area contributed by atoms with Gasteiger partial charge in [-0.15, -0.1) is 0 Å². The number of aryl methyl sites for hydroxylation is 2. The number of carbonyl (C=O) groups excluding carboxylic acids is 1. The van der Waals surface area contributed by atoms with Gasteiger partial charge >= 0.3 is 0 Å². The molecule has 0 aromatic carbocycles. The summed E-state index contributed by atoms with van der Waals surface area (Å²) >= 11 is 0. The van der Waals surface area contributed by atoms with E-state index in [1.165, 1.54) is 0 Å². The second kappa shape index (κ2) is 4.43. The van der Waals surface area contributed by atoms with Crippen LogP contribution in [0.15, 0.2) is 6.20 Å². The van der Waals surface area contributed by atoms with Crippen LogP contribution in [0.3, 0.4) is 0 Å². The molecule has 0 fully saturated rings. The van der Waals surface area contributed by atoms with E-state index in [0.29, 0.717) is 35.3 Å². The van der Waals surface area contributed by atoms with Gasteiger partial charge < -0.3 is 5.73 Å². The molecule has 2 aromatic rings. The Bertz CT molecular complexity index is 709. The maximum Gasteiger partial charge on any atom is 0.220 e. The zero-order valence-corrected chi connectivity index (χ0v) is 11.4. The number of ketones is 1. The molecule has 7 heteroatoms. The molecule has 1 aliphatic rings. The molecule has 6 nitrogen and oxygen atoms in total. The lowest BCUT2D eigenvalue weighted by Crippen LogP contribution is -2.25. The molecule has 100 valence electrons. The van der Waals surface area contributed by atoms with Crippen molar-refractivity contribution in [2.24, 2.45) is 7.05 Å². The lowest BCUT2D eigenvalue weighted by atomic mass is 9.80. The van der Waals surface area contributed by atoms with Gasteiger partial charge in [-0.3, -0.25) is 9.48 Å². The summed E-state index contributed by atoms with van der Waals surface area (Å²) in [6.45, 7) is 1.78. The van der Waals surface area contributed by atoms with Crippen LogP contribution in [0.4, 0.5) is 5.95 Å². The number of nitrogens with zero attached hydrogens (tertiary/aromatic N) is 4. The van der Waals surface area contributed by atoms with Crippen molar-refractivity contribution in [2.45, 2.75) is 25.7 Å². The van der Waals surface area contributed by atoms with Gasteiger partial charge in [0.05, 0.1) is 22.6 Å². The summed E-state index contributed by atoms with van der Waals surface area (Å²) in [5.74, 6) is 0.174. The second-order valence-corrected chi connectivity index (χ2v) is 5.16. The van der Waals surface area contributed by atoms with Gasteiger partial charge in [0, 0.05) is 25.6 Å². The van der Waals surface area contributed by atoms with Crippen LogP contribution in [-0.4, -0.2) is 33.4 Å². The number of fused-ring (bicyclic) bond motifs is 1. The van der Waals surface area contributed by atoms with Crippen molar-refractivity contribution >= 4 is 25.0 Å². The van der Waals surface area contributed by atoms with Gasteiger partial charge in [-0.2, -0.15) is 5.10 Å². The van der Waals surface area contributed by atoms with Crippen molar-refractivity contribution in [3.05, 3.63) is 28.8 Å². The lowest BCUT2D eigenvalue weighted by molar-refractivity contribution is 0.0961. The summed E-state index contributed by atoms with van der Waals surface area (Å²) in [7, 11) is 7.75. The predicted molar refractivity (Wildman–Crippen MR) is 75.2 cm³/mol. The van der Waals surface area contributed by atoms with Gasteiger partial charge in [0.2, 0.25) is 5.95 Å². The Morgan fingerprint density at radius 2 is 2.15 bits per heavy atom. The van der Waals surface area contributed by atoms with Crippen LogP contribution in [0.1, 0.15) is 39.8 Å². The summed E-state index contributed by atoms with van der Waals surface area (Å²) in [6, 6.07) is 0. The smallest absolute Gasteiger partial charge is 0.220 e. The predicted octanol–water partition coefficient (Wildman–Crippen LogP) is -0.193. The van der Waals surface area contributed by atoms with Crippen LogP contribution in [0, 0.1) is 6.92 Å². The summed E-state index contributed by atoms with van der Waals surface area (Å²) < 4.78 is 1.66. The van der Waals surface area contributed by atoms with Crippen LogP contribution in [0.25, 0.3) is 0 Å². The normalized spacial score (nSPS) is 18.1. The molecule has 0 amide bonds. The van der Waals surface area contributed by atoms with Crippen molar-refractivity contribution in [1.82, 2.24) is 19.7 Å². The fourth-order valence-corrected chi connectivity index (χ4v) is 2.83. The second-order valence-electron chi connectivity index (χ2n) is 5.16. The van der Waals surface area contributed by atoms with Crippen LogP contribution in [0.2, 0.25) is 0 Å². The van der Waals surface area contributed by atoms with Crippen LogP contribution in [0.5, 0.6) is 0 Å². The Morgan fingerprint density at radius 1 is 1.40 bits per heavy atom. The zero-order valence-electron chi connectivity index (χ0n) is 11.4. The van der Waals surface area contributed by atoms with Gasteiger partial charge in [-0.25, -0.2) is 9.97 Å². The molecule has 2 heterocycles. The first kappa shape index (κ1) is 12.8. The van der Waals surface area contributed by atoms with Gasteiger partial charge in [-0.1, -0.05) is 5.46 Å². The monoisotopic (exact) mass is 267 g/mol. The number of anilines is 1. The quantitative estimate of drug-likeness (QED) is 0.723. The number of Topliss-reactive ketones (excluding diaryl/α,β-unsaturated/α-hetero) is 1. The first-order chi connectivity index (χ1) is 9.45. The average molecular weight is 267 g/mol. The molecule has 2 radical (unpaired) electrons. The molecule has 0 spiro atoms. The minimum Gasteiger partial charge on any atom is -0.368 e. The van der Waals surface area contributed by atoms with Gasteiger partial charge in [-0.05, 0) is 13.3 Å². The molecule has 2 aromatic heterocycles. The molecule has 0 saturated heterocycles. The highest BCUT2D eigenvalue weighted by Crippen LogP contribution is 2.31. The van der Waals surface area contributed by atoms with Crippen LogP contribution >= 0.6 is 0 Å². The Morgan fingerprint density at radius 3 is 2.80 bits per heavy atom. The highest BCUT2D eigenvalue weighted by atomic mass is 16.1. The van der Waals surface area contributed by atoms with E-state index in [1.807, 2.05) is 7.05 Å². The Labute approximate surface area is 117 Å². The zero-order chi connectivity index (χ0) is 14.4. The molecule has 3 rings (SSSR count). The maximum atomic E-state index is 12.3. The topological polar surface area (TPSA) is 86.7 Å². The highest BCUT2D eigenvalue weighted by molar-refractivity contribution is 6.33. The SMILES string of the molecule is [B]c1cn(C)nc1C1CC(=O)c2c(C)nc(N)nc2C1. The molecule has 1 unspecified atom stereocenters. The van der Waals surface area contributed by atoms with Crippen molar-refractivity contribution < 1.29 is 4.79 Å². The van der Waals surface area contributed by atoms with Crippen LogP contribution < -0.4 is 11.2 Å². The van der Waals surface area contributed by atoms with Gasteiger partial charge in [0.1, 0.15) is 7.85 Å². The van der Waals surface area contributed by atoms with Crippen molar-refractivity contribution in [2.75, 3.05) is 5.73 Å². The number of hydrogen-bond donors (Lipinski definition) is 1. The third-order valence-electron chi connectivity index (χ3n) is 3.61. The maximum absolute atomic E-state index is 12.3. The number of nitrogen functional groups attached to an aromatic ring is 1. The highest BCUT2D eigenvalue weighted by Gasteiger charge is 2.31. The minimum absolute atomic E-state index is 0.0267. The van der Waals surface area contributed by atoms with Gasteiger partial charge in [0.25, 0.3) is 0 Å². The molecule has 0 saturated carbocycles. The largest absolute Gasteiger partial charge is 0.368 e. The molecule has 0 aliphatic heterocycles. The van der Waals surface area contributed by atoms with E-state index in [2.05, 4.69) is 15.1 Å². The molecular formula is C13H14BN5O. The van der Waals surface area contributed by atoms with E-state index in [4.69, 9.17) is 13.6 Å². The molecule has 2 N–H and O–H groups in total. The number of rotatable bonds is 1. The molecular weight excluding hydrogens is 253 g/mol. The standard InChI is InChI=1S/C13H14BN5O/c1-6-11-9(17-13(15)16-6)3-7(4-10(11)20)12-8(14)5-19(2)18-12/h5,7H,3-4H2,1-2H3,(H2,15,16,17). The summed E-state index contributed by atoms with van der Waals surface area (Å²) in [5.41, 5.74) is 8.96. The fourth-order valence-electron chi connectivity index (χ4n) is 2.83.